The molecule has 0 radical (unpaired) electrons. The van der Waals surface area contributed by atoms with Crippen LogP contribution in [0, 0.1) is 6.92 Å². The van der Waals surface area contributed by atoms with Gasteiger partial charge in [0.2, 0.25) is 0 Å². The first kappa shape index (κ1) is 12.1. The lowest BCUT2D eigenvalue weighted by Gasteiger charge is -1.99. The van der Waals surface area contributed by atoms with Crippen LogP contribution in [0.25, 0.3) is 10.9 Å². The molecule has 0 spiro atoms. The molecular formula is C12H9ClN4OS. The number of benzene rings is 1. The van der Waals surface area contributed by atoms with Gasteiger partial charge in [-0.25, -0.2) is 4.98 Å². The zero-order chi connectivity index (χ0) is 13.4. The van der Waals surface area contributed by atoms with E-state index in [0.29, 0.717) is 21.1 Å². The third-order valence-electron chi connectivity index (χ3n) is 2.60. The normalized spacial score (nSPS) is 10.8. The Balaban J connectivity index is 1.95. The van der Waals surface area contributed by atoms with Crippen molar-refractivity contribution < 1.29 is 4.79 Å². The van der Waals surface area contributed by atoms with Gasteiger partial charge in [0.25, 0.3) is 5.91 Å². The van der Waals surface area contributed by atoms with Gasteiger partial charge < -0.3 is 5.32 Å². The summed E-state index contributed by atoms with van der Waals surface area (Å²) in [4.78, 5) is 16.2. The minimum Gasteiger partial charge on any atom is -0.311 e. The Morgan fingerprint density at radius 2 is 2.32 bits per heavy atom. The molecule has 0 bridgehead atoms. The first-order valence-corrected chi connectivity index (χ1v) is 6.70. The van der Waals surface area contributed by atoms with Crippen LogP contribution in [-0.2, 0) is 0 Å². The Kier molecular flexibility index (Phi) is 2.96. The molecule has 3 aromatic rings. The Morgan fingerprint density at radius 3 is 3.05 bits per heavy atom. The Hall–Kier alpha value is -1.92. The first-order chi connectivity index (χ1) is 9.13. The SMILES string of the molecule is Cc1ncc(NC(=O)c2n[nH]c3ccc(Cl)cc23)s1. The fraction of sp³-hybridized carbons (Fsp3) is 0.0833. The van der Waals surface area contributed by atoms with Crippen molar-refractivity contribution in [2.75, 3.05) is 5.32 Å². The van der Waals surface area contributed by atoms with Gasteiger partial charge in [0.05, 0.1) is 16.7 Å². The second kappa shape index (κ2) is 4.64. The number of amides is 1. The number of nitrogens with zero attached hydrogens (tertiary/aromatic N) is 2. The summed E-state index contributed by atoms with van der Waals surface area (Å²) in [5.41, 5.74) is 1.10. The second-order valence-corrected chi connectivity index (χ2v) is 5.63. The highest BCUT2D eigenvalue weighted by Crippen LogP contribution is 2.23. The van der Waals surface area contributed by atoms with E-state index in [9.17, 15) is 4.79 Å². The third-order valence-corrected chi connectivity index (χ3v) is 3.66. The van der Waals surface area contributed by atoms with Crippen LogP contribution in [0.1, 0.15) is 15.5 Å². The van der Waals surface area contributed by atoms with E-state index < -0.39 is 0 Å². The molecule has 1 amide bonds. The molecule has 96 valence electrons. The number of aromatic nitrogens is 3. The minimum atomic E-state index is -0.280. The summed E-state index contributed by atoms with van der Waals surface area (Å²) < 4.78 is 0. The van der Waals surface area contributed by atoms with E-state index in [1.54, 1.807) is 24.4 Å². The van der Waals surface area contributed by atoms with E-state index in [1.807, 2.05) is 6.92 Å². The highest BCUT2D eigenvalue weighted by Gasteiger charge is 2.15. The molecule has 0 saturated heterocycles. The van der Waals surface area contributed by atoms with E-state index >= 15 is 0 Å². The molecule has 19 heavy (non-hydrogen) atoms. The van der Waals surface area contributed by atoms with E-state index in [2.05, 4.69) is 20.5 Å². The summed E-state index contributed by atoms with van der Waals surface area (Å²) in [5, 5.41) is 12.5. The summed E-state index contributed by atoms with van der Waals surface area (Å²) in [7, 11) is 0. The molecule has 2 heterocycles. The van der Waals surface area contributed by atoms with Crippen molar-refractivity contribution in [3.63, 3.8) is 0 Å². The molecule has 7 heteroatoms. The van der Waals surface area contributed by atoms with Gasteiger partial charge in [0.15, 0.2) is 5.69 Å². The van der Waals surface area contributed by atoms with E-state index in [0.717, 1.165) is 10.5 Å². The van der Waals surface area contributed by atoms with E-state index in [1.165, 1.54) is 11.3 Å². The van der Waals surface area contributed by atoms with Crippen LogP contribution in [0.3, 0.4) is 0 Å². The average Bonchev–Trinajstić information content (AvgIpc) is 2.95. The maximum Gasteiger partial charge on any atom is 0.277 e. The van der Waals surface area contributed by atoms with Gasteiger partial charge in [-0.05, 0) is 25.1 Å². The van der Waals surface area contributed by atoms with Crippen molar-refractivity contribution >= 4 is 44.7 Å². The summed E-state index contributed by atoms with van der Waals surface area (Å²) in [6, 6.07) is 5.25. The van der Waals surface area contributed by atoms with Crippen molar-refractivity contribution in [1.82, 2.24) is 15.2 Å². The number of hydrogen-bond acceptors (Lipinski definition) is 4. The fourth-order valence-corrected chi connectivity index (χ4v) is 2.59. The maximum absolute atomic E-state index is 12.2. The van der Waals surface area contributed by atoms with Crippen LogP contribution in [0.5, 0.6) is 0 Å². The zero-order valence-corrected chi connectivity index (χ0v) is 11.5. The Bertz CT molecular complexity index is 764. The van der Waals surface area contributed by atoms with Crippen LogP contribution in [-0.4, -0.2) is 21.1 Å². The van der Waals surface area contributed by atoms with Crippen molar-refractivity contribution in [3.05, 3.63) is 40.1 Å². The van der Waals surface area contributed by atoms with Crippen molar-refractivity contribution in [1.29, 1.82) is 0 Å². The molecule has 0 atom stereocenters. The predicted molar refractivity (Wildman–Crippen MR) is 75.9 cm³/mol. The molecule has 0 fully saturated rings. The average molecular weight is 293 g/mol. The third kappa shape index (κ3) is 2.32. The predicted octanol–water partition coefficient (Wildman–Crippen LogP) is 3.23. The molecule has 3 rings (SSSR count). The number of carbonyl (C=O) groups excluding carboxylic acids is 1. The van der Waals surface area contributed by atoms with Crippen LogP contribution in [0.4, 0.5) is 5.00 Å². The monoisotopic (exact) mass is 292 g/mol. The van der Waals surface area contributed by atoms with Gasteiger partial charge in [-0.1, -0.05) is 11.6 Å². The number of hydrogen-bond donors (Lipinski definition) is 2. The number of thiazole rings is 1. The van der Waals surface area contributed by atoms with Crippen LogP contribution < -0.4 is 5.32 Å². The van der Waals surface area contributed by atoms with Crippen molar-refractivity contribution in [2.45, 2.75) is 6.92 Å². The molecule has 0 unspecified atom stereocenters. The molecule has 2 aromatic heterocycles. The van der Waals surface area contributed by atoms with Crippen LogP contribution >= 0.6 is 22.9 Å². The Morgan fingerprint density at radius 1 is 1.47 bits per heavy atom. The van der Waals surface area contributed by atoms with Crippen LogP contribution in [0.15, 0.2) is 24.4 Å². The van der Waals surface area contributed by atoms with E-state index in [-0.39, 0.29) is 5.91 Å². The van der Waals surface area contributed by atoms with E-state index in [4.69, 9.17) is 11.6 Å². The summed E-state index contributed by atoms with van der Waals surface area (Å²) in [6.45, 7) is 1.88. The van der Waals surface area contributed by atoms with Crippen LogP contribution in [0.2, 0.25) is 5.02 Å². The van der Waals surface area contributed by atoms with Gasteiger partial charge in [0, 0.05) is 10.4 Å². The Labute approximate surface area is 117 Å². The maximum atomic E-state index is 12.2. The summed E-state index contributed by atoms with van der Waals surface area (Å²) in [6.07, 6.45) is 1.62. The number of aromatic amines is 1. The number of rotatable bonds is 2. The molecule has 0 saturated carbocycles. The van der Waals surface area contributed by atoms with Gasteiger partial charge in [-0.15, -0.1) is 11.3 Å². The van der Waals surface area contributed by atoms with Gasteiger partial charge in [-0.3, -0.25) is 9.89 Å². The topological polar surface area (TPSA) is 70.7 Å². The smallest absolute Gasteiger partial charge is 0.277 e. The first-order valence-electron chi connectivity index (χ1n) is 5.51. The molecule has 0 aliphatic rings. The minimum absolute atomic E-state index is 0.280. The summed E-state index contributed by atoms with van der Waals surface area (Å²) in [5.74, 6) is -0.280. The number of nitrogens with one attached hydrogen (secondary N) is 2. The molecule has 0 aliphatic heterocycles. The second-order valence-electron chi connectivity index (χ2n) is 3.96. The number of aryl methyl sites for hydroxylation is 1. The zero-order valence-electron chi connectivity index (χ0n) is 9.90. The number of anilines is 1. The van der Waals surface area contributed by atoms with Gasteiger partial charge >= 0.3 is 0 Å². The van der Waals surface area contributed by atoms with Crippen molar-refractivity contribution in [2.24, 2.45) is 0 Å². The number of H-pyrrole nitrogens is 1. The lowest BCUT2D eigenvalue weighted by molar-refractivity contribution is 0.102. The molecule has 1 aromatic carbocycles. The number of carbonyl (C=O) groups is 1. The summed E-state index contributed by atoms with van der Waals surface area (Å²) >= 11 is 7.35. The molecular weight excluding hydrogens is 284 g/mol. The molecule has 2 N–H and O–H groups in total. The largest absolute Gasteiger partial charge is 0.311 e. The lowest BCUT2D eigenvalue weighted by Crippen LogP contribution is -2.11. The standard InChI is InChI=1S/C12H9ClN4OS/c1-6-14-5-10(19-6)15-12(18)11-8-4-7(13)2-3-9(8)16-17-11/h2-5H,1H3,(H,15,18)(H,16,17). The van der Waals surface area contributed by atoms with Gasteiger partial charge in [-0.2, -0.15) is 5.10 Å². The quantitative estimate of drug-likeness (QED) is 0.762. The highest BCUT2D eigenvalue weighted by molar-refractivity contribution is 7.15. The van der Waals surface area contributed by atoms with Crippen molar-refractivity contribution in [3.8, 4) is 0 Å². The molecule has 5 nitrogen and oxygen atoms in total. The highest BCUT2D eigenvalue weighted by atomic mass is 35.5. The molecule has 0 aliphatic carbocycles. The number of fused-ring (bicyclic) bond motifs is 1. The fourth-order valence-electron chi connectivity index (χ4n) is 1.75. The van der Waals surface area contributed by atoms with Gasteiger partial charge in [0.1, 0.15) is 5.00 Å². The number of halogens is 1. The lowest BCUT2D eigenvalue weighted by atomic mass is 10.2.